The number of morpholine rings is 1. The molecule has 1 saturated heterocycles. The normalized spacial score (nSPS) is 15.4. The van der Waals surface area contributed by atoms with Crippen molar-refractivity contribution in [2.75, 3.05) is 39.5 Å². The van der Waals surface area contributed by atoms with Gasteiger partial charge in [-0.2, -0.15) is 10.1 Å². The molecule has 8 nitrogen and oxygen atoms in total. The lowest BCUT2D eigenvalue weighted by molar-refractivity contribution is 0.0317. The van der Waals surface area contributed by atoms with E-state index in [1.54, 1.807) is 23.0 Å². The van der Waals surface area contributed by atoms with Gasteiger partial charge in [0, 0.05) is 43.8 Å². The van der Waals surface area contributed by atoms with Gasteiger partial charge in [-0.05, 0) is 36.1 Å². The zero-order valence-corrected chi connectivity index (χ0v) is 19.4. The minimum atomic E-state index is -0.598. The van der Waals surface area contributed by atoms with Crippen LogP contribution in [0.4, 0.5) is 8.78 Å². The number of ether oxygens (including phenoxy) is 2. The number of hydrogen-bond donors (Lipinski definition) is 0. The topological polar surface area (TPSA) is 77.7 Å². The summed E-state index contributed by atoms with van der Waals surface area (Å²) in [5.41, 5.74) is 3.14. The van der Waals surface area contributed by atoms with E-state index >= 15 is 0 Å². The second-order valence-electron chi connectivity index (χ2n) is 8.55. The summed E-state index contributed by atoms with van der Waals surface area (Å²) in [6.45, 7) is 6.22. The first-order valence-electron chi connectivity index (χ1n) is 11.6. The van der Waals surface area contributed by atoms with E-state index in [9.17, 15) is 8.78 Å². The van der Waals surface area contributed by atoms with E-state index in [-0.39, 0.29) is 11.9 Å². The Hall–Kier alpha value is -3.50. The fourth-order valence-electron chi connectivity index (χ4n) is 4.20. The molecule has 0 saturated carbocycles. The Morgan fingerprint density at radius 1 is 1.14 bits per heavy atom. The molecular formula is C25H26F2N6O2. The molecule has 4 heterocycles. The molecule has 0 N–H and O–H groups in total. The van der Waals surface area contributed by atoms with E-state index < -0.39 is 11.6 Å². The maximum absolute atomic E-state index is 14.4. The van der Waals surface area contributed by atoms with Gasteiger partial charge in [0.2, 0.25) is 0 Å². The third-order valence-corrected chi connectivity index (χ3v) is 6.07. The largest absolute Gasteiger partial charge is 0.462 e. The highest BCUT2D eigenvalue weighted by atomic mass is 19.1. The summed E-state index contributed by atoms with van der Waals surface area (Å²) in [7, 11) is 0. The molecule has 0 spiro atoms. The maximum atomic E-state index is 14.4. The summed E-state index contributed by atoms with van der Waals surface area (Å²) in [5, 5.41) is 4.36. The van der Waals surface area contributed by atoms with Crippen LogP contribution < -0.4 is 4.74 Å². The van der Waals surface area contributed by atoms with Crippen LogP contribution in [0.15, 0.2) is 48.9 Å². The van der Waals surface area contributed by atoms with Crippen LogP contribution >= 0.6 is 0 Å². The molecular weight excluding hydrogens is 454 g/mol. The third kappa shape index (κ3) is 5.44. The Kier molecular flexibility index (Phi) is 6.91. The van der Waals surface area contributed by atoms with E-state index in [4.69, 9.17) is 9.47 Å². The quantitative estimate of drug-likeness (QED) is 0.382. The first-order valence-corrected chi connectivity index (χ1v) is 11.6. The molecule has 1 fully saturated rings. The molecule has 3 aromatic heterocycles. The summed E-state index contributed by atoms with van der Waals surface area (Å²) >= 11 is 0. The average molecular weight is 481 g/mol. The van der Waals surface area contributed by atoms with Gasteiger partial charge in [-0.25, -0.2) is 23.3 Å². The Balaban J connectivity index is 1.42. The van der Waals surface area contributed by atoms with Crippen molar-refractivity contribution in [3.8, 4) is 17.3 Å². The van der Waals surface area contributed by atoms with Gasteiger partial charge in [-0.3, -0.25) is 4.90 Å². The van der Waals surface area contributed by atoms with Crippen molar-refractivity contribution in [1.29, 1.82) is 0 Å². The van der Waals surface area contributed by atoms with Crippen molar-refractivity contribution in [1.82, 2.24) is 29.5 Å². The molecule has 1 aliphatic rings. The highest BCUT2D eigenvalue weighted by Crippen LogP contribution is 2.27. The Morgan fingerprint density at radius 2 is 2.00 bits per heavy atom. The lowest BCUT2D eigenvalue weighted by Gasteiger charge is -2.26. The number of fused-ring (bicyclic) bond motifs is 1. The first kappa shape index (κ1) is 23.3. The van der Waals surface area contributed by atoms with E-state index in [0.717, 1.165) is 44.5 Å². The van der Waals surface area contributed by atoms with Gasteiger partial charge in [0.05, 0.1) is 30.7 Å². The minimum absolute atomic E-state index is 0.235. The van der Waals surface area contributed by atoms with E-state index in [0.29, 0.717) is 35.6 Å². The highest BCUT2D eigenvalue weighted by molar-refractivity contribution is 5.74. The van der Waals surface area contributed by atoms with Gasteiger partial charge in [-0.1, -0.05) is 13.0 Å². The van der Waals surface area contributed by atoms with Crippen molar-refractivity contribution < 1.29 is 18.3 Å². The standard InChI is InChI=1S/C25H26F2N6O2/c1-17(20-4-3-18(26)14-22(20)27)13-19-15-23(21-16-29-33-6-2-5-28-24(21)33)31-25(30-19)35-12-9-32-7-10-34-11-8-32/h2-6,14-17H,7-13H2,1H3/t17-/m1/s1. The van der Waals surface area contributed by atoms with Crippen molar-refractivity contribution in [2.24, 2.45) is 0 Å². The zero-order valence-electron chi connectivity index (χ0n) is 19.4. The molecule has 1 atom stereocenters. The fourth-order valence-corrected chi connectivity index (χ4v) is 4.20. The molecule has 0 unspecified atom stereocenters. The molecule has 0 aliphatic carbocycles. The smallest absolute Gasteiger partial charge is 0.317 e. The van der Waals surface area contributed by atoms with Gasteiger partial charge in [0.15, 0.2) is 5.65 Å². The van der Waals surface area contributed by atoms with Crippen molar-refractivity contribution >= 4 is 5.65 Å². The summed E-state index contributed by atoms with van der Waals surface area (Å²) in [4.78, 5) is 15.9. The summed E-state index contributed by atoms with van der Waals surface area (Å²) < 4.78 is 40.8. The van der Waals surface area contributed by atoms with Crippen LogP contribution in [0.25, 0.3) is 16.9 Å². The number of aromatic nitrogens is 5. The van der Waals surface area contributed by atoms with E-state index in [2.05, 4.69) is 25.0 Å². The minimum Gasteiger partial charge on any atom is -0.462 e. The summed E-state index contributed by atoms with van der Waals surface area (Å²) in [6.07, 6.45) is 5.63. The van der Waals surface area contributed by atoms with Crippen LogP contribution in [0.5, 0.6) is 6.01 Å². The maximum Gasteiger partial charge on any atom is 0.317 e. The molecule has 1 aliphatic heterocycles. The van der Waals surface area contributed by atoms with Crippen molar-refractivity contribution in [3.63, 3.8) is 0 Å². The highest BCUT2D eigenvalue weighted by Gasteiger charge is 2.18. The predicted molar refractivity (Wildman–Crippen MR) is 125 cm³/mol. The van der Waals surface area contributed by atoms with Crippen LogP contribution in [-0.2, 0) is 11.2 Å². The van der Waals surface area contributed by atoms with E-state index in [1.165, 1.54) is 12.1 Å². The van der Waals surface area contributed by atoms with Gasteiger partial charge in [-0.15, -0.1) is 0 Å². The van der Waals surface area contributed by atoms with Crippen molar-refractivity contribution in [3.05, 3.63) is 71.8 Å². The number of hydrogen-bond acceptors (Lipinski definition) is 7. The molecule has 4 aromatic rings. The monoisotopic (exact) mass is 480 g/mol. The molecule has 0 amide bonds. The lowest BCUT2D eigenvalue weighted by Crippen LogP contribution is -2.38. The Morgan fingerprint density at radius 3 is 2.83 bits per heavy atom. The van der Waals surface area contributed by atoms with Crippen LogP contribution in [0, 0.1) is 11.6 Å². The van der Waals surface area contributed by atoms with Gasteiger partial charge < -0.3 is 9.47 Å². The number of rotatable bonds is 8. The summed E-state index contributed by atoms with van der Waals surface area (Å²) in [5.74, 6) is -1.40. The van der Waals surface area contributed by atoms with Crippen LogP contribution in [-0.4, -0.2) is 68.9 Å². The molecule has 35 heavy (non-hydrogen) atoms. The third-order valence-electron chi connectivity index (χ3n) is 6.07. The van der Waals surface area contributed by atoms with Gasteiger partial charge in [0.25, 0.3) is 0 Å². The van der Waals surface area contributed by atoms with Crippen LogP contribution in [0.3, 0.4) is 0 Å². The Bertz CT molecular complexity index is 1310. The molecule has 0 bridgehead atoms. The second kappa shape index (κ2) is 10.4. The first-order chi connectivity index (χ1) is 17.1. The van der Waals surface area contributed by atoms with Crippen LogP contribution in [0.2, 0.25) is 0 Å². The van der Waals surface area contributed by atoms with Gasteiger partial charge >= 0.3 is 6.01 Å². The molecule has 182 valence electrons. The molecule has 5 rings (SSSR count). The number of benzene rings is 1. The average Bonchev–Trinajstić information content (AvgIpc) is 3.29. The van der Waals surface area contributed by atoms with E-state index in [1.807, 2.05) is 19.2 Å². The van der Waals surface area contributed by atoms with Crippen LogP contribution in [0.1, 0.15) is 24.1 Å². The SMILES string of the molecule is C[C@H](Cc1cc(-c2cnn3cccnc23)nc(OCCN2CCOCC2)n1)c1ccc(F)cc1F. The molecule has 0 radical (unpaired) electrons. The van der Waals surface area contributed by atoms with Gasteiger partial charge in [0.1, 0.15) is 18.2 Å². The lowest BCUT2D eigenvalue weighted by atomic mass is 9.95. The summed E-state index contributed by atoms with van der Waals surface area (Å²) in [6, 6.07) is 7.54. The number of nitrogens with zero attached hydrogens (tertiary/aromatic N) is 6. The number of halogens is 2. The Labute approximate surface area is 201 Å². The van der Waals surface area contributed by atoms with Crippen molar-refractivity contribution in [2.45, 2.75) is 19.3 Å². The zero-order chi connectivity index (χ0) is 24.2. The second-order valence-corrected chi connectivity index (χ2v) is 8.55. The molecule has 1 aromatic carbocycles. The molecule has 10 heteroatoms. The fraction of sp³-hybridized carbons (Fsp3) is 0.360. The predicted octanol–water partition coefficient (Wildman–Crippen LogP) is 3.52.